The molecule has 0 spiro atoms. The van der Waals surface area contributed by atoms with Gasteiger partial charge in [0.05, 0.1) is 5.02 Å². The summed E-state index contributed by atoms with van der Waals surface area (Å²) in [5.74, 6) is 5.12. The van der Waals surface area contributed by atoms with Gasteiger partial charge in [-0.3, -0.25) is 11.3 Å². The Labute approximate surface area is 107 Å². The molecule has 0 radical (unpaired) electrons. The highest BCUT2D eigenvalue weighted by Gasteiger charge is 2.19. The summed E-state index contributed by atoms with van der Waals surface area (Å²) in [7, 11) is 0. The van der Waals surface area contributed by atoms with Crippen LogP contribution in [-0.4, -0.2) is 0 Å². The minimum Gasteiger partial charge on any atom is -0.271 e. The highest BCUT2D eigenvalue weighted by molar-refractivity contribution is 6.31. The molecule has 0 bridgehead atoms. The largest absolute Gasteiger partial charge is 0.271 e. The van der Waals surface area contributed by atoms with E-state index in [2.05, 4.69) is 26.2 Å². The van der Waals surface area contributed by atoms with Gasteiger partial charge in [0.25, 0.3) is 0 Å². The second kappa shape index (κ2) is 5.80. The molecule has 4 heteroatoms. The molecule has 0 aliphatic carbocycles. The van der Waals surface area contributed by atoms with Gasteiger partial charge >= 0.3 is 0 Å². The molecule has 0 heterocycles. The lowest BCUT2D eigenvalue weighted by Gasteiger charge is -2.23. The molecule has 0 aliphatic heterocycles. The topological polar surface area (TPSA) is 38.0 Å². The summed E-state index contributed by atoms with van der Waals surface area (Å²) in [5, 5.41) is 0.157. The maximum Gasteiger partial charge on any atom is 0.142 e. The summed E-state index contributed by atoms with van der Waals surface area (Å²) in [4.78, 5) is 0. The number of hydrogen-bond donors (Lipinski definition) is 2. The Morgan fingerprint density at radius 3 is 2.59 bits per heavy atom. The first-order valence-corrected chi connectivity index (χ1v) is 6.13. The lowest BCUT2D eigenvalue weighted by atomic mass is 9.87. The molecule has 1 aromatic carbocycles. The van der Waals surface area contributed by atoms with Crippen LogP contribution >= 0.6 is 11.6 Å². The Balaban J connectivity index is 2.83. The maximum atomic E-state index is 13.3. The summed E-state index contributed by atoms with van der Waals surface area (Å²) >= 11 is 5.95. The van der Waals surface area contributed by atoms with Gasteiger partial charge in [0.1, 0.15) is 5.82 Å². The van der Waals surface area contributed by atoms with E-state index < -0.39 is 5.82 Å². The molecule has 0 aromatic heterocycles. The molecule has 0 saturated carbocycles. The third-order valence-electron chi connectivity index (χ3n) is 2.74. The van der Waals surface area contributed by atoms with Gasteiger partial charge in [-0.15, -0.1) is 0 Å². The zero-order chi connectivity index (χ0) is 13.1. The standard InChI is InChI=1S/C13H20ClFN2/c1-13(2,3)8-7-11(17-16)9-5-4-6-10(15)12(9)14/h4-6,11,17H,7-8,16H2,1-3H3. The summed E-state index contributed by atoms with van der Waals surface area (Å²) in [6.45, 7) is 6.48. The Bertz CT molecular complexity index is 374. The maximum absolute atomic E-state index is 13.3. The first-order valence-electron chi connectivity index (χ1n) is 5.75. The Kier molecular flexibility index (Phi) is 4.92. The molecule has 0 fully saturated rings. The van der Waals surface area contributed by atoms with Crippen molar-refractivity contribution in [1.82, 2.24) is 5.43 Å². The average molecular weight is 259 g/mol. The molecule has 96 valence electrons. The van der Waals surface area contributed by atoms with Crippen molar-refractivity contribution in [2.45, 2.75) is 39.7 Å². The number of benzene rings is 1. The van der Waals surface area contributed by atoms with Crippen molar-refractivity contribution in [2.75, 3.05) is 0 Å². The van der Waals surface area contributed by atoms with Crippen molar-refractivity contribution in [3.8, 4) is 0 Å². The van der Waals surface area contributed by atoms with Crippen LogP contribution in [0.25, 0.3) is 0 Å². The van der Waals surface area contributed by atoms with E-state index in [1.165, 1.54) is 6.07 Å². The quantitative estimate of drug-likeness (QED) is 0.637. The Morgan fingerprint density at radius 1 is 1.41 bits per heavy atom. The molecule has 1 unspecified atom stereocenters. The molecule has 2 nitrogen and oxygen atoms in total. The van der Waals surface area contributed by atoms with Gasteiger partial charge in [-0.1, -0.05) is 44.5 Å². The zero-order valence-corrected chi connectivity index (χ0v) is 11.3. The van der Waals surface area contributed by atoms with Crippen LogP contribution in [0.4, 0.5) is 4.39 Å². The second-order valence-electron chi connectivity index (χ2n) is 5.46. The van der Waals surface area contributed by atoms with Gasteiger partial charge in [0.2, 0.25) is 0 Å². The minimum absolute atomic E-state index is 0.113. The number of nitrogens with two attached hydrogens (primary N) is 1. The first kappa shape index (κ1) is 14.4. The lowest BCUT2D eigenvalue weighted by molar-refractivity contribution is 0.333. The predicted octanol–water partition coefficient (Wildman–Crippen LogP) is 3.81. The van der Waals surface area contributed by atoms with Crippen LogP contribution in [0.5, 0.6) is 0 Å². The summed E-state index contributed by atoms with van der Waals surface area (Å²) < 4.78 is 13.3. The highest BCUT2D eigenvalue weighted by atomic mass is 35.5. The van der Waals surface area contributed by atoms with Crippen molar-refractivity contribution in [1.29, 1.82) is 0 Å². The molecular weight excluding hydrogens is 239 g/mol. The van der Waals surface area contributed by atoms with Crippen LogP contribution < -0.4 is 11.3 Å². The van der Waals surface area contributed by atoms with E-state index in [-0.39, 0.29) is 16.5 Å². The van der Waals surface area contributed by atoms with Crippen molar-refractivity contribution >= 4 is 11.6 Å². The fraction of sp³-hybridized carbons (Fsp3) is 0.538. The average Bonchev–Trinajstić information content (AvgIpc) is 2.23. The van der Waals surface area contributed by atoms with Crippen LogP contribution in [0.2, 0.25) is 5.02 Å². The smallest absolute Gasteiger partial charge is 0.142 e. The monoisotopic (exact) mass is 258 g/mol. The molecule has 0 amide bonds. The predicted molar refractivity (Wildman–Crippen MR) is 70.2 cm³/mol. The van der Waals surface area contributed by atoms with E-state index in [1.807, 2.05) is 0 Å². The highest BCUT2D eigenvalue weighted by Crippen LogP contribution is 2.31. The first-order chi connectivity index (χ1) is 7.85. The normalized spacial score (nSPS) is 13.8. The summed E-state index contributed by atoms with van der Waals surface area (Å²) in [6.07, 6.45) is 1.80. The fourth-order valence-electron chi connectivity index (χ4n) is 1.70. The van der Waals surface area contributed by atoms with Crippen LogP contribution in [0.15, 0.2) is 18.2 Å². The molecule has 1 aromatic rings. The molecule has 1 atom stereocenters. The third kappa shape index (κ3) is 4.26. The van der Waals surface area contributed by atoms with Gasteiger partial charge in [0, 0.05) is 6.04 Å². The number of nitrogens with one attached hydrogen (secondary N) is 1. The molecule has 0 saturated heterocycles. The Hall–Kier alpha value is -0.640. The van der Waals surface area contributed by atoms with Crippen molar-refractivity contribution < 1.29 is 4.39 Å². The van der Waals surface area contributed by atoms with Crippen molar-refractivity contribution in [2.24, 2.45) is 11.3 Å². The fourth-order valence-corrected chi connectivity index (χ4v) is 1.95. The molecular formula is C13H20ClFN2. The van der Waals surface area contributed by atoms with Crippen LogP contribution in [-0.2, 0) is 0 Å². The molecule has 1 rings (SSSR count). The molecule has 3 N–H and O–H groups in total. The van der Waals surface area contributed by atoms with Crippen molar-refractivity contribution in [3.05, 3.63) is 34.6 Å². The van der Waals surface area contributed by atoms with Gasteiger partial charge in [-0.2, -0.15) is 0 Å². The van der Waals surface area contributed by atoms with Crippen LogP contribution in [0.1, 0.15) is 45.2 Å². The van der Waals surface area contributed by atoms with E-state index in [1.54, 1.807) is 12.1 Å². The number of hydrogen-bond acceptors (Lipinski definition) is 2. The Morgan fingerprint density at radius 2 is 2.06 bits per heavy atom. The van der Waals surface area contributed by atoms with E-state index in [0.29, 0.717) is 0 Å². The zero-order valence-electron chi connectivity index (χ0n) is 10.6. The molecule has 17 heavy (non-hydrogen) atoms. The van der Waals surface area contributed by atoms with E-state index in [4.69, 9.17) is 17.4 Å². The van der Waals surface area contributed by atoms with E-state index in [0.717, 1.165) is 18.4 Å². The van der Waals surface area contributed by atoms with Gasteiger partial charge in [-0.05, 0) is 29.9 Å². The second-order valence-corrected chi connectivity index (χ2v) is 5.84. The van der Waals surface area contributed by atoms with Crippen LogP contribution in [0.3, 0.4) is 0 Å². The van der Waals surface area contributed by atoms with Gasteiger partial charge in [-0.25, -0.2) is 4.39 Å². The van der Waals surface area contributed by atoms with Gasteiger partial charge < -0.3 is 0 Å². The van der Waals surface area contributed by atoms with Gasteiger partial charge in [0.15, 0.2) is 0 Å². The van der Waals surface area contributed by atoms with E-state index >= 15 is 0 Å². The SMILES string of the molecule is CC(C)(C)CCC(NN)c1cccc(F)c1Cl. The van der Waals surface area contributed by atoms with Crippen LogP contribution in [0, 0.1) is 11.2 Å². The van der Waals surface area contributed by atoms with Crippen molar-refractivity contribution in [3.63, 3.8) is 0 Å². The summed E-state index contributed by atoms with van der Waals surface area (Å²) in [6, 6.07) is 4.69. The number of halogens is 2. The minimum atomic E-state index is -0.403. The number of rotatable bonds is 4. The summed E-state index contributed by atoms with van der Waals surface area (Å²) in [5.41, 5.74) is 3.65. The van der Waals surface area contributed by atoms with E-state index in [9.17, 15) is 4.39 Å². The number of hydrazine groups is 1. The third-order valence-corrected chi connectivity index (χ3v) is 3.14. The lowest BCUT2D eigenvalue weighted by Crippen LogP contribution is -2.29. The molecule has 0 aliphatic rings.